The van der Waals surface area contributed by atoms with E-state index >= 15 is 0 Å². The summed E-state index contributed by atoms with van der Waals surface area (Å²) in [7, 11) is 0. The molecule has 5 heteroatoms. The third kappa shape index (κ3) is 3.12. The third-order valence-corrected chi connectivity index (χ3v) is 4.87. The molecular weight excluding hydrogens is 345 g/mol. The van der Waals surface area contributed by atoms with Gasteiger partial charge in [-0.2, -0.15) is 0 Å². The van der Waals surface area contributed by atoms with Gasteiger partial charge in [0.15, 0.2) is 11.6 Å². The van der Waals surface area contributed by atoms with E-state index in [1.165, 1.54) is 6.07 Å². The van der Waals surface area contributed by atoms with Gasteiger partial charge in [-0.1, -0.05) is 48.5 Å². The molecule has 0 unspecified atom stereocenters. The summed E-state index contributed by atoms with van der Waals surface area (Å²) in [5.74, 6) is -1.29. The smallest absolute Gasteiger partial charge is 0.411 e. The Morgan fingerprint density at radius 3 is 2.30 bits per heavy atom. The van der Waals surface area contributed by atoms with Crippen molar-refractivity contribution in [3.63, 3.8) is 0 Å². The van der Waals surface area contributed by atoms with Crippen LogP contribution in [0.15, 0.2) is 60.7 Å². The highest BCUT2D eigenvalue weighted by molar-refractivity contribution is 5.86. The molecule has 3 aromatic carbocycles. The predicted molar refractivity (Wildman–Crippen MR) is 101 cm³/mol. The molecular formula is C22H18FNO3. The average molecular weight is 363 g/mol. The van der Waals surface area contributed by atoms with Crippen molar-refractivity contribution in [2.45, 2.75) is 12.8 Å². The Kier molecular flexibility index (Phi) is 4.28. The summed E-state index contributed by atoms with van der Waals surface area (Å²) in [5.41, 5.74) is 5.36. The molecule has 4 nitrogen and oxygen atoms in total. The number of ether oxygens (including phenoxy) is 1. The molecule has 0 saturated carbocycles. The van der Waals surface area contributed by atoms with Gasteiger partial charge in [-0.05, 0) is 40.8 Å². The molecule has 136 valence electrons. The molecule has 27 heavy (non-hydrogen) atoms. The number of aromatic hydroxyl groups is 1. The van der Waals surface area contributed by atoms with E-state index in [4.69, 9.17) is 4.74 Å². The fourth-order valence-electron chi connectivity index (χ4n) is 3.55. The molecule has 0 saturated heterocycles. The topological polar surface area (TPSA) is 58.6 Å². The Balaban J connectivity index is 1.51. The third-order valence-electron chi connectivity index (χ3n) is 4.87. The maximum Gasteiger partial charge on any atom is 0.411 e. The van der Waals surface area contributed by atoms with Crippen LogP contribution in [0.3, 0.4) is 0 Å². The minimum atomic E-state index is -0.797. The summed E-state index contributed by atoms with van der Waals surface area (Å²) in [6.45, 7) is 1.84. The lowest BCUT2D eigenvalue weighted by molar-refractivity contribution is 0.158. The zero-order valence-corrected chi connectivity index (χ0v) is 14.7. The number of phenols is 1. The number of amides is 1. The van der Waals surface area contributed by atoms with Crippen molar-refractivity contribution in [3.05, 3.63) is 83.2 Å². The van der Waals surface area contributed by atoms with E-state index in [0.717, 1.165) is 28.3 Å². The molecule has 1 amide bonds. The molecule has 4 rings (SSSR count). The lowest BCUT2D eigenvalue weighted by Gasteiger charge is -2.15. The first-order chi connectivity index (χ1) is 13.0. The number of rotatable bonds is 3. The van der Waals surface area contributed by atoms with Crippen LogP contribution in [0.25, 0.3) is 11.1 Å². The van der Waals surface area contributed by atoms with Crippen LogP contribution in [0, 0.1) is 12.7 Å². The van der Waals surface area contributed by atoms with Gasteiger partial charge in [0.25, 0.3) is 0 Å². The SMILES string of the molecule is Cc1cc(O)c(F)cc1NC(=O)OCC1c2ccccc2-c2ccccc21. The zero-order chi connectivity index (χ0) is 19.0. The van der Waals surface area contributed by atoms with E-state index in [0.29, 0.717) is 5.56 Å². The Labute approximate surface area is 156 Å². The normalized spacial score (nSPS) is 12.4. The van der Waals surface area contributed by atoms with Crippen molar-refractivity contribution >= 4 is 11.8 Å². The van der Waals surface area contributed by atoms with Crippen LogP contribution in [-0.4, -0.2) is 17.8 Å². The van der Waals surface area contributed by atoms with E-state index in [9.17, 15) is 14.3 Å². The second-order valence-electron chi connectivity index (χ2n) is 6.57. The number of benzene rings is 3. The van der Waals surface area contributed by atoms with Crippen molar-refractivity contribution in [2.24, 2.45) is 0 Å². The summed E-state index contributed by atoms with van der Waals surface area (Å²) in [6, 6.07) is 18.5. The van der Waals surface area contributed by atoms with Gasteiger partial charge in [-0.3, -0.25) is 5.32 Å². The van der Waals surface area contributed by atoms with Crippen LogP contribution in [0.2, 0.25) is 0 Å². The second-order valence-corrected chi connectivity index (χ2v) is 6.57. The van der Waals surface area contributed by atoms with E-state index in [2.05, 4.69) is 17.4 Å². The predicted octanol–water partition coefficient (Wildman–Crippen LogP) is 5.20. The van der Waals surface area contributed by atoms with E-state index in [-0.39, 0.29) is 18.2 Å². The molecule has 2 N–H and O–H groups in total. The van der Waals surface area contributed by atoms with E-state index in [1.54, 1.807) is 6.92 Å². The van der Waals surface area contributed by atoms with Crippen LogP contribution in [0.5, 0.6) is 5.75 Å². The highest BCUT2D eigenvalue weighted by Crippen LogP contribution is 2.44. The van der Waals surface area contributed by atoms with Gasteiger partial charge in [-0.25, -0.2) is 9.18 Å². The molecule has 0 heterocycles. The molecule has 0 spiro atoms. The highest BCUT2D eigenvalue weighted by Gasteiger charge is 2.29. The number of fused-ring (bicyclic) bond motifs is 3. The fraction of sp³-hybridized carbons (Fsp3) is 0.136. The molecule has 1 aliphatic rings. The first-order valence-corrected chi connectivity index (χ1v) is 8.65. The molecule has 0 aliphatic heterocycles. The summed E-state index contributed by atoms with van der Waals surface area (Å²) < 4.78 is 19.0. The summed E-state index contributed by atoms with van der Waals surface area (Å²) in [5, 5.41) is 11.9. The van der Waals surface area contributed by atoms with Crippen molar-refractivity contribution < 1.29 is 19.0 Å². The Morgan fingerprint density at radius 1 is 1.07 bits per heavy atom. The number of carbonyl (C=O) groups is 1. The first kappa shape index (κ1) is 17.1. The second kappa shape index (κ2) is 6.76. The van der Waals surface area contributed by atoms with E-state index in [1.807, 2.05) is 36.4 Å². The lowest BCUT2D eigenvalue weighted by Crippen LogP contribution is -2.18. The Morgan fingerprint density at radius 2 is 1.67 bits per heavy atom. The standard InChI is InChI=1S/C22H18FNO3/c1-13-10-21(25)19(23)11-20(13)24-22(26)27-12-18-16-8-4-2-6-14(16)15-7-3-5-9-17(15)18/h2-11,18,25H,12H2,1H3,(H,24,26). The van der Waals surface area contributed by atoms with Gasteiger partial charge in [0, 0.05) is 12.0 Å². The number of carbonyl (C=O) groups excluding carboxylic acids is 1. The minimum Gasteiger partial charge on any atom is -0.505 e. The highest BCUT2D eigenvalue weighted by atomic mass is 19.1. The molecule has 1 aliphatic carbocycles. The van der Waals surface area contributed by atoms with Crippen molar-refractivity contribution in [3.8, 4) is 16.9 Å². The number of aryl methyl sites for hydroxylation is 1. The van der Waals surface area contributed by atoms with Gasteiger partial charge in [-0.15, -0.1) is 0 Å². The first-order valence-electron chi connectivity index (χ1n) is 8.65. The molecule has 3 aromatic rings. The zero-order valence-electron chi connectivity index (χ0n) is 14.7. The van der Waals surface area contributed by atoms with Gasteiger partial charge in [0.1, 0.15) is 6.61 Å². The molecule has 0 bridgehead atoms. The largest absolute Gasteiger partial charge is 0.505 e. The number of halogens is 1. The summed E-state index contributed by atoms with van der Waals surface area (Å²) in [4.78, 5) is 12.2. The van der Waals surface area contributed by atoms with E-state index < -0.39 is 17.7 Å². The average Bonchev–Trinajstić information content (AvgIpc) is 2.98. The fourth-order valence-corrected chi connectivity index (χ4v) is 3.55. The van der Waals surface area contributed by atoms with Crippen molar-refractivity contribution in [1.29, 1.82) is 0 Å². The van der Waals surface area contributed by atoms with Crippen LogP contribution >= 0.6 is 0 Å². The number of hydrogen-bond donors (Lipinski definition) is 2. The van der Waals surface area contributed by atoms with Gasteiger partial charge >= 0.3 is 6.09 Å². The number of phenolic OH excluding ortho intramolecular Hbond substituents is 1. The maximum atomic E-state index is 13.5. The van der Waals surface area contributed by atoms with Crippen LogP contribution < -0.4 is 5.32 Å². The van der Waals surface area contributed by atoms with Gasteiger partial charge in [0.05, 0.1) is 5.69 Å². The quantitative estimate of drug-likeness (QED) is 0.629. The molecule has 0 atom stereocenters. The number of anilines is 1. The monoisotopic (exact) mass is 363 g/mol. The number of hydrogen-bond acceptors (Lipinski definition) is 3. The minimum absolute atomic E-state index is 0.0409. The number of nitrogens with one attached hydrogen (secondary N) is 1. The Bertz CT molecular complexity index is 986. The van der Waals surface area contributed by atoms with Crippen LogP contribution in [-0.2, 0) is 4.74 Å². The maximum absolute atomic E-state index is 13.5. The Hall–Kier alpha value is -3.34. The van der Waals surface area contributed by atoms with Gasteiger partial charge in [0.2, 0.25) is 0 Å². The summed E-state index contributed by atoms with van der Waals surface area (Å²) >= 11 is 0. The van der Waals surface area contributed by atoms with Crippen LogP contribution in [0.1, 0.15) is 22.6 Å². The van der Waals surface area contributed by atoms with Gasteiger partial charge < -0.3 is 9.84 Å². The van der Waals surface area contributed by atoms with Crippen molar-refractivity contribution in [1.82, 2.24) is 0 Å². The molecule has 0 radical (unpaired) electrons. The summed E-state index contributed by atoms with van der Waals surface area (Å²) in [6.07, 6.45) is -0.662. The lowest BCUT2D eigenvalue weighted by atomic mass is 9.98. The molecule has 0 fully saturated rings. The van der Waals surface area contributed by atoms with Crippen LogP contribution in [0.4, 0.5) is 14.9 Å². The van der Waals surface area contributed by atoms with Crippen molar-refractivity contribution in [2.75, 3.05) is 11.9 Å². The molecule has 0 aromatic heterocycles.